The number of nitrogens with zero attached hydrogens (tertiary/aromatic N) is 2. The van der Waals surface area contributed by atoms with E-state index in [1.165, 1.54) is 66.2 Å². The summed E-state index contributed by atoms with van der Waals surface area (Å²) in [4.78, 5) is 6.47. The molecule has 1 saturated heterocycles. The summed E-state index contributed by atoms with van der Waals surface area (Å²) in [6, 6.07) is 71.6. The van der Waals surface area contributed by atoms with Crippen LogP contribution in [0.4, 0.5) is 22.7 Å². The maximum Gasteiger partial charge on any atom is 0.138 e. The Morgan fingerprint density at radius 3 is 1.77 bits per heavy atom. The van der Waals surface area contributed by atoms with Crippen LogP contribution >= 0.6 is 11.8 Å². The minimum atomic E-state index is 0.104. The third-order valence-electron chi connectivity index (χ3n) is 12.4. The molecule has 1 fully saturated rings. The fraction of sp³-hybridized carbons (Fsp3) is 0.0943. The minimum Gasteiger partial charge on any atom is -0.486 e. The van der Waals surface area contributed by atoms with Crippen molar-refractivity contribution >= 4 is 34.5 Å². The predicted octanol–water partition coefficient (Wildman–Crippen LogP) is 13.6. The summed E-state index contributed by atoms with van der Waals surface area (Å²) >= 11 is 2.00. The summed E-state index contributed by atoms with van der Waals surface area (Å²) in [7, 11) is 0. The quantitative estimate of drug-likeness (QED) is 0.168. The van der Waals surface area contributed by atoms with Gasteiger partial charge in [-0.05, 0) is 117 Å². The van der Waals surface area contributed by atoms with E-state index in [-0.39, 0.29) is 18.2 Å². The molecular formula is C53H38N2OS. The summed E-state index contributed by atoms with van der Waals surface area (Å²) in [5, 5.41) is 0.335. The van der Waals surface area contributed by atoms with Crippen molar-refractivity contribution in [3.05, 3.63) is 216 Å². The molecule has 4 aliphatic rings. The van der Waals surface area contributed by atoms with E-state index in [2.05, 4.69) is 204 Å². The molecule has 3 unspecified atom stereocenters. The number of rotatable bonds is 6. The molecule has 4 heteroatoms. The number of hydrogen-bond donors (Lipinski definition) is 0. The predicted molar refractivity (Wildman–Crippen MR) is 235 cm³/mol. The first-order valence-electron chi connectivity index (χ1n) is 19.9. The van der Waals surface area contributed by atoms with Crippen LogP contribution in [0.15, 0.2) is 199 Å². The second kappa shape index (κ2) is 13.0. The van der Waals surface area contributed by atoms with Crippen LogP contribution < -0.4 is 14.5 Å². The van der Waals surface area contributed by atoms with Crippen molar-refractivity contribution in [1.82, 2.24) is 0 Å². The SMILES string of the molecule is c1ccc(-c2ccc(N(c3ccc(-c4ccccc4)cc3)c3ccc4c(c3)-c3ccc(N5C6c7ccccc7SC6[C@@H]6Oc7ccccc7C65)cc3C4)cc2)cc1. The first kappa shape index (κ1) is 32.7. The lowest BCUT2D eigenvalue weighted by atomic mass is 10.0. The zero-order chi connectivity index (χ0) is 37.5. The number of benzene rings is 8. The number of thioether (sulfide) groups is 1. The number of ether oxygens (including phenoxy) is 1. The summed E-state index contributed by atoms with van der Waals surface area (Å²) in [5.41, 5.74) is 17.7. The molecule has 0 bridgehead atoms. The highest BCUT2D eigenvalue weighted by Gasteiger charge is 2.58. The molecule has 3 nitrogen and oxygen atoms in total. The van der Waals surface area contributed by atoms with Gasteiger partial charge in [-0.25, -0.2) is 0 Å². The van der Waals surface area contributed by atoms with Crippen LogP contribution in [-0.2, 0) is 6.42 Å². The summed E-state index contributed by atoms with van der Waals surface area (Å²) in [6.07, 6.45) is 1.03. The van der Waals surface area contributed by atoms with E-state index in [0.717, 1.165) is 29.2 Å². The number of hydrogen-bond acceptors (Lipinski definition) is 4. The Bertz CT molecular complexity index is 2660. The molecule has 0 spiro atoms. The topological polar surface area (TPSA) is 15.7 Å². The average molecular weight is 751 g/mol. The Morgan fingerprint density at radius 2 is 1.07 bits per heavy atom. The highest BCUT2D eigenvalue weighted by atomic mass is 32.2. The largest absolute Gasteiger partial charge is 0.486 e. The lowest BCUT2D eigenvalue weighted by Crippen LogP contribution is -2.27. The maximum absolute atomic E-state index is 6.77. The molecule has 8 aromatic carbocycles. The van der Waals surface area contributed by atoms with Gasteiger partial charge in [0, 0.05) is 33.2 Å². The highest BCUT2D eigenvalue weighted by Crippen LogP contribution is 2.62. The van der Waals surface area contributed by atoms with Gasteiger partial charge < -0.3 is 14.5 Å². The second-order valence-corrected chi connectivity index (χ2v) is 16.8. The van der Waals surface area contributed by atoms with E-state index < -0.39 is 0 Å². The lowest BCUT2D eigenvalue weighted by Gasteiger charge is -2.32. The minimum absolute atomic E-state index is 0.104. The molecule has 8 aromatic rings. The van der Waals surface area contributed by atoms with E-state index >= 15 is 0 Å². The van der Waals surface area contributed by atoms with Crippen molar-refractivity contribution < 1.29 is 4.74 Å². The molecule has 0 saturated carbocycles. The van der Waals surface area contributed by atoms with Crippen molar-refractivity contribution in [1.29, 1.82) is 0 Å². The molecule has 1 aliphatic carbocycles. The average Bonchev–Trinajstić information content (AvgIpc) is 4.03. The molecule has 272 valence electrons. The molecule has 12 rings (SSSR count). The van der Waals surface area contributed by atoms with Gasteiger partial charge >= 0.3 is 0 Å². The van der Waals surface area contributed by atoms with Crippen LogP contribution in [0, 0.1) is 0 Å². The summed E-state index contributed by atoms with van der Waals surface area (Å²) in [6.45, 7) is 0. The van der Waals surface area contributed by atoms with Gasteiger partial charge in [-0.15, -0.1) is 11.8 Å². The first-order chi connectivity index (χ1) is 28.2. The van der Waals surface area contributed by atoms with E-state index in [0.29, 0.717) is 5.25 Å². The van der Waals surface area contributed by atoms with Gasteiger partial charge in [-0.2, -0.15) is 0 Å². The van der Waals surface area contributed by atoms with Crippen LogP contribution in [0.1, 0.15) is 34.3 Å². The zero-order valence-corrected chi connectivity index (χ0v) is 32.0. The Balaban J connectivity index is 0.929. The fourth-order valence-electron chi connectivity index (χ4n) is 9.82. The van der Waals surface area contributed by atoms with E-state index in [1.807, 2.05) is 11.8 Å². The first-order valence-corrected chi connectivity index (χ1v) is 20.8. The van der Waals surface area contributed by atoms with Crippen molar-refractivity contribution in [3.8, 4) is 39.1 Å². The van der Waals surface area contributed by atoms with Gasteiger partial charge in [0.15, 0.2) is 0 Å². The summed E-state index contributed by atoms with van der Waals surface area (Å²) < 4.78 is 6.77. The molecule has 0 amide bonds. The lowest BCUT2D eigenvalue weighted by molar-refractivity contribution is 0.229. The van der Waals surface area contributed by atoms with Gasteiger partial charge in [0.2, 0.25) is 0 Å². The Morgan fingerprint density at radius 1 is 0.474 bits per heavy atom. The smallest absolute Gasteiger partial charge is 0.138 e. The van der Waals surface area contributed by atoms with Crippen molar-refractivity contribution in [2.45, 2.75) is 34.8 Å². The molecule has 57 heavy (non-hydrogen) atoms. The van der Waals surface area contributed by atoms with Crippen LogP contribution in [0.3, 0.4) is 0 Å². The van der Waals surface area contributed by atoms with Crippen LogP contribution in [-0.4, -0.2) is 11.4 Å². The van der Waals surface area contributed by atoms with Gasteiger partial charge in [0.25, 0.3) is 0 Å². The van der Waals surface area contributed by atoms with E-state index in [9.17, 15) is 0 Å². The molecular weight excluding hydrogens is 713 g/mol. The number of para-hydroxylation sites is 1. The normalized spacial score (nSPS) is 19.2. The molecule has 4 atom stereocenters. The second-order valence-electron chi connectivity index (χ2n) is 15.6. The van der Waals surface area contributed by atoms with Crippen LogP contribution in [0.5, 0.6) is 5.75 Å². The van der Waals surface area contributed by atoms with Gasteiger partial charge in [0.1, 0.15) is 11.9 Å². The molecule has 0 N–H and O–H groups in total. The van der Waals surface area contributed by atoms with Gasteiger partial charge in [0.05, 0.1) is 17.3 Å². The van der Waals surface area contributed by atoms with Crippen molar-refractivity contribution in [3.63, 3.8) is 0 Å². The van der Waals surface area contributed by atoms with Gasteiger partial charge in [-0.3, -0.25) is 0 Å². The van der Waals surface area contributed by atoms with Crippen LogP contribution in [0.25, 0.3) is 33.4 Å². The maximum atomic E-state index is 6.77. The highest BCUT2D eigenvalue weighted by molar-refractivity contribution is 8.00. The van der Waals surface area contributed by atoms with Crippen molar-refractivity contribution in [2.24, 2.45) is 0 Å². The Hall–Kier alpha value is -6.49. The van der Waals surface area contributed by atoms with Crippen LogP contribution in [0.2, 0.25) is 0 Å². The zero-order valence-electron chi connectivity index (χ0n) is 31.2. The Kier molecular flexibility index (Phi) is 7.49. The number of fused-ring (bicyclic) bond motifs is 10. The third kappa shape index (κ3) is 5.28. The van der Waals surface area contributed by atoms with Gasteiger partial charge in [-0.1, -0.05) is 133 Å². The Labute approximate surface area is 337 Å². The van der Waals surface area contributed by atoms with Crippen molar-refractivity contribution in [2.75, 3.05) is 9.80 Å². The van der Waals surface area contributed by atoms with E-state index in [1.54, 1.807) is 0 Å². The summed E-state index contributed by atoms with van der Waals surface area (Å²) in [5.74, 6) is 1.03. The van der Waals surface area contributed by atoms with E-state index in [4.69, 9.17) is 4.74 Å². The molecule has 3 aliphatic heterocycles. The molecule has 3 heterocycles. The standard InChI is InChI=1S/C53H38N2OS/c1-3-11-34(12-4-1)36-19-24-40(25-20-36)54(41-26-21-37(22-27-41)35-13-5-2-6-14-35)43-28-23-38-31-39-32-42(29-30-44(39)47(38)33-43)55-50-45-15-7-9-17-48(45)56-52(50)53-51(55)46-16-8-10-18-49(46)57-53/h1-30,32-33,50-53H,31H2/t50?,51?,52-,53?/m1/s1. The fourth-order valence-corrected chi connectivity index (χ4v) is 11.3. The number of anilines is 4. The molecule has 0 aromatic heterocycles. The third-order valence-corrected chi connectivity index (χ3v) is 13.8. The monoisotopic (exact) mass is 750 g/mol. The molecule has 0 radical (unpaired) electrons.